The fraction of sp³-hybridized carbons (Fsp3) is 0.114. The molecule has 2 aromatic heterocycles. The van der Waals surface area contributed by atoms with Crippen LogP contribution in [-0.2, 0) is 12.8 Å². The molecule has 15 heteroatoms. The topological polar surface area (TPSA) is 174 Å². The highest BCUT2D eigenvalue weighted by Crippen LogP contribution is 2.36. The minimum atomic E-state index is -1.17. The summed E-state index contributed by atoms with van der Waals surface area (Å²) in [6.07, 6.45) is -1.03. The number of ether oxygens (including phenoxy) is 2. The Morgan fingerprint density at radius 2 is 1.04 bits per heavy atom. The van der Waals surface area contributed by atoms with Gasteiger partial charge < -0.3 is 18.5 Å². The average molecular weight is 804 g/mol. The smallest absolute Gasteiger partial charge is 0.394 e. The van der Waals surface area contributed by atoms with Gasteiger partial charge in [-0.3, -0.25) is 20.2 Å². The zero-order valence-corrected chi connectivity index (χ0v) is 29.4. The van der Waals surface area contributed by atoms with Crippen LogP contribution in [0.25, 0.3) is 22.6 Å². The number of aromatic nitrogens is 2. The quantitative estimate of drug-likeness (QED) is 0.0558. The van der Waals surface area contributed by atoms with Crippen molar-refractivity contribution in [2.75, 3.05) is 0 Å². The molecule has 6 rings (SSSR count). The molecule has 4 aromatic carbocycles. The van der Waals surface area contributed by atoms with Gasteiger partial charge in [-0.15, -0.1) is 0 Å². The van der Waals surface area contributed by atoms with Crippen LogP contribution in [0.4, 0.5) is 16.2 Å². The van der Waals surface area contributed by atoms with Gasteiger partial charge in [0.05, 0.1) is 21.2 Å². The van der Waals surface area contributed by atoms with E-state index >= 15 is 0 Å². The van der Waals surface area contributed by atoms with E-state index < -0.39 is 16.0 Å². The highest BCUT2D eigenvalue weighted by atomic mass is 79.9. The summed E-state index contributed by atoms with van der Waals surface area (Å²) in [7, 11) is 0. The van der Waals surface area contributed by atoms with Gasteiger partial charge in [-0.2, -0.15) is 0 Å². The summed E-state index contributed by atoms with van der Waals surface area (Å²) in [5.41, 5.74) is 3.97. The van der Waals surface area contributed by atoms with Crippen LogP contribution in [0.15, 0.2) is 103 Å². The lowest BCUT2D eigenvalue weighted by atomic mass is 9.99. The van der Waals surface area contributed by atoms with Crippen molar-refractivity contribution in [3.63, 3.8) is 0 Å². The summed E-state index contributed by atoms with van der Waals surface area (Å²) in [6.45, 7) is 3.48. The first-order valence-corrected chi connectivity index (χ1v) is 16.4. The Hall–Kier alpha value is -5.67. The summed E-state index contributed by atoms with van der Waals surface area (Å²) in [4.78, 5) is 35.6. The number of nitrogens with zero attached hydrogens (tertiary/aromatic N) is 4. The molecule has 0 N–H and O–H groups in total. The van der Waals surface area contributed by atoms with Crippen molar-refractivity contribution in [1.82, 2.24) is 10.3 Å². The van der Waals surface area contributed by atoms with E-state index in [1.54, 1.807) is 13.8 Å². The van der Waals surface area contributed by atoms with E-state index in [2.05, 4.69) is 42.2 Å². The van der Waals surface area contributed by atoms with E-state index in [9.17, 15) is 25.0 Å². The number of hydrogen-bond acceptors (Lipinski definition) is 11. The predicted molar refractivity (Wildman–Crippen MR) is 187 cm³/mol. The maximum Gasteiger partial charge on any atom is 0.519 e. The molecule has 0 aliphatic carbocycles. The Bertz CT molecular complexity index is 2090. The largest absolute Gasteiger partial charge is 0.519 e. The second kappa shape index (κ2) is 14.4. The highest BCUT2D eigenvalue weighted by molar-refractivity contribution is 9.10. The lowest BCUT2D eigenvalue weighted by molar-refractivity contribution is -0.385. The molecule has 0 aliphatic heterocycles. The van der Waals surface area contributed by atoms with Gasteiger partial charge in [0.15, 0.2) is 11.5 Å². The molecule has 0 spiro atoms. The average Bonchev–Trinajstić information content (AvgIpc) is 3.64. The number of carbonyl (C=O) groups excluding carboxylic acids is 1. The van der Waals surface area contributed by atoms with Gasteiger partial charge in [-0.1, -0.05) is 66.4 Å². The number of aryl methyl sites for hydroxylation is 2. The number of benzene rings is 4. The molecule has 13 nitrogen and oxygen atoms in total. The maximum absolute atomic E-state index is 13.3. The molecule has 50 heavy (non-hydrogen) atoms. The Labute approximate surface area is 300 Å². The predicted octanol–water partition coefficient (Wildman–Crippen LogP) is 9.71. The number of carbonyl (C=O) groups is 1. The third-order valence-electron chi connectivity index (χ3n) is 7.81. The molecule has 0 saturated carbocycles. The first kappa shape index (κ1) is 34.2. The molecule has 6 aromatic rings. The minimum absolute atomic E-state index is 0.00109. The van der Waals surface area contributed by atoms with Crippen LogP contribution in [0.3, 0.4) is 0 Å². The molecule has 0 unspecified atom stereocenters. The molecule has 0 atom stereocenters. The van der Waals surface area contributed by atoms with Crippen molar-refractivity contribution in [3.05, 3.63) is 148 Å². The first-order chi connectivity index (χ1) is 24.0. The number of rotatable bonds is 10. The van der Waals surface area contributed by atoms with E-state index in [-0.39, 0.29) is 35.7 Å². The Morgan fingerprint density at radius 3 is 1.40 bits per heavy atom. The summed E-state index contributed by atoms with van der Waals surface area (Å²) in [5.74, 6) is 0.909. The summed E-state index contributed by atoms with van der Waals surface area (Å²) in [5, 5.41) is 31.6. The van der Waals surface area contributed by atoms with Gasteiger partial charge in [0.2, 0.25) is 0 Å². The lowest BCUT2D eigenvalue weighted by Gasteiger charge is -2.13. The van der Waals surface area contributed by atoms with Crippen LogP contribution in [0.2, 0.25) is 0 Å². The van der Waals surface area contributed by atoms with Crippen LogP contribution in [0.1, 0.15) is 33.6 Å². The number of hydrogen-bond donors (Lipinski definition) is 0. The second-order valence-electron chi connectivity index (χ2n) is 11.1. The molecule has 0 radical (unpaired) electrons. The third-order valence-corrected chi connectivity index (χ3v) is 8.87. The monoisotopic (exact) mass is 802 g/mol. The Kier molecular flexibility index (Phi) is 9.88. The van der Waals surface area contributed by atoms with Gasteiger partial charge in [0.1, 0.15) is 11.5 Å². The zero-order valence-electron chi connectivity index (χ0n) is 26.2. The van der Waals surface area contributed by atoms with Crippen LogP contribution in [-0.4, -0.2) is 26.3 Å². The fourth-order valence-corrected chi connectivity index (χ4v) is 5.79. The number of nitro groups is 2. The number of halogens is 2. The van der Waals surface area contributed by atoms with Crippen LogP contribution in [0.5, 0.6) is 11.5 Å². The Morgan fingerprint density at radius 1 is 0.660 bits per heavy atom. The SMILES string of the molecule is Cc1noc(-c2ccc(Br)cc2)c1Cc1cc([N+](=O)[O-])ccc1OC(=O)Oc1ccc([N+](=O)[O-])cc1Cc1c(C)noc1-c1ccc(Br)cc1. The summed E-state index contributed by atoms with van der Waals surface area (Å²) < 4.78 is 24.2. The van der Waals surface area contributed by atoms with E-state index in [0.29, 0.717) is 45.2 Å². The van der Waals surface area contributed by atoms with Gasteiger partial charge in [0, 0.05) is 79.4 Å². The minimum Gasteiger partial charge on any atom is -0.394 e. The summed E-state index contributed by atoms with van der Waals surface area (Å²) >= 11 is 6.82. The first-order valence-electron chi connectivity index (χ1n) is 14.8. The zero-order chi connectivity index (χ0) is 35.5. The van der Waals surface area contributed by atoms with Crippen molar-refractivity contribution >= 4 is 49.4 Å². The molecular formula is C35H24Br2N4O9. The molecular weight excluding hydrogens is 780 g/mol. The third kappa shape index (κ3) is 7.48. The van der Waals surface area contributed by atoms with Crippen molar-refractivity contribution in [2.45, 2.75) is 26.7 Å². The number of nitro benzene ring substituents is 2. The molecule has 0 amide bonds. The molecule has 0 fully saturated rings. The normalized spacial score (nSPS) is 11.0. The van der Waals surface area contributed by atoms with Crippen LogP contribution >= 0.6 is 31.9 Å². The molecule has 0 aliphatic rings. The fourth-order valence-electron chi connectivity index (χ4n) is 5.27. The van der Waals surface area contributed by atoms with Gasteiger partial charge in [-0.25, -0.2) is 4.79 Å². The van der Waals surface area contributed by atoms with E-state index in [1.807, 2.05) is 48.5 Å². The maximum atomic E-state index is 13.3. The van der Waals surface area contributed by atoms with Crippen LogP contribution < -0.4 is 9.47 Å². The highest BCUT2D eigenvalue weighted by Gasteiger charge is 2.24. The van der Waals surface area contributed by atoms with E-state index in [0.717, 1.165) is 20.1 Å². The van der Waals surface area contributed by atoms with Gasteiger partial charge in [-0.05, 0) is 50.2 Å². The van der Waals surface area contributed by atoms with Crippen molar-refractivity contribution in [2.24, 2.45) is 0 Å². The molecule has 0 bridgehead atoms. The van der Waals surface area contributed by atoms with Gasteiger partial charge >= 0.3 is 6.16 Å². The van der Waals surface area contributed by atoms with Crippen LogP contribution in [0, 0.1) is 34.1 Å². The van der Waals surface area contributed by atoms with E-state index in [4.69, 9.17) is 18.5 Å². The van der Waals surface area contributed by atoms with Crippen molar-refractivity contribution in [1.29, 1.82) is 0 Å². The number of non-ortho nitro benzene ring substituents is 2. The summed E-state index contributed by atoms with van der Waals surface area (Å²) in [6, 6.07) is 22.3. The van der Waals surface area contributed by atoms with E-state index in [1.165, 1.54) is 36.4 Å². The standard InChI is InChI=1S/C35H24Br2N4O9/c1-19-29(33(49-38-19)21-3-7-25(36)8-4-21)17-23-15-27(40(43)44)11-13-31(23)47-35(42)48-32-14-12-28(41(45)46)16-24(32)18-30-20(2)39-50-34(30)22-5-9-26(37)10-6-22/h3-16H,17-18H2,1-2H3. The molecule has 0 saturated heterocycles. The molecule has 2 heterocycles. The molecule has 252 valence electrons. The lowest BCUT2D eigenvalue weighted by Crippen LogP contribution is -2.16. The van der Waals surface area contributed by atoms with Gasteiger partial charge in [0.25, 0.3) is 11.4 Å². The van der Waals surface area contributed by atoms with Crippen molar-refractivity contribution in [3.8, 4) is 34.1 Å². The Balaban J connectivity index is 1.30. The second-order valence-corrected chi connectivity index (χ2v) is 12.9. The van der Waals surface area contributed by atoms with Crippen molar-refractivity contribution < 1.29 is 33.2 Å².